The van der Waals surface area contributed by atoms with Crippen LogP contribution in [0.4, 0.5) is 36.4 Å². The molecule has 0 aliphatic heterocycles. The first-order valence-electron chi connectivity index (χ1n) is 5.17. The number of hydrazine groups is 1. The van der Waals surface area contributed by atoms with Gasteiger partial charge < -0.3 is 10.5 Å². The smallest absolute Gasteiger partial charge is 0.403 e. The van der Waals surface area contributed by atoms with Gasteiger partial charge in [0.05, 0.1) is 0 Å². The molecule has 0 amide bonds. The highest BCUT2D eigenvalue weighted by atomic mass is 19.4. The van der Waals surface area contributed by atoms with Gasteiger partial charge in [0.15, 0.2) is 29.2 Å². The van der Waals surface area contributed by atoms with Gasteiger partial charge in [-0.3, -0.25) is 4.79 Å². The second-order valence-electron chi connectivity index (χ2n) is 3.78. The molecule has 21 heavy (non-hydrogen) atoms. The van der Waals surface area contributed by atoms with E-state index in [1.54, 1.807) is 5.43 Å². The predicted octanol–water partition coefficient (Wildman–Crippen LogP) is 2.42. The van der Waals surface area contributed by atoms with Gasteiger partial charge in [-0.15, -0.1) is 0 Å². The van der Waals surface area contributed by atoms with Crippen molar-refractivity contribution in [2.75, 3.05) is 12.0 Å². The van der Waals surface area contributed by atoms with E-state index in [4.69, 9.17) is 5.11 Å². The van der Waals surface area contributed by atoms with Gasteiger partial charge in [-0.2, -0.15) is 13.2 Å². The second kappa shape index (κ2) is 6.16. The molecule has 1 rings (SSSR count). The van der Waals surface area contributed by atoms with Crippen LogP contribution >= 0.6 is 0 Å². The zero-order valence-corrected chi connectivity index (χ0v) is 9.86. The number of nitrogens with one attached hydrogen (secondary N) is 2. The predicted molar refractivity (Wildman–Crippen MR) is 55.1 cm³/mol. The molecule has 0 saturated heterocycles. The lowest BCUT2D eigenvalue weighted by atomic mass is 10.1. The molecule has 1 aromatic rings. The molecule has 0 aliphatic rings. The van der Waals surface area contributed by atoms with Crippen molar-refractivity contribution >= 4 is 11.7 Å². The third-order valence-electron chi connectivity index (χ3n) is 2.32. The van der Waals surface area contributed by atoms with Gasteiger partial charge in [0.25, 0.3) is 0 Å². The van der Waals surface area contributed by atoms with Crippen LogP contribution in [-0.2, 0) is 4.79 Å². The summed E-state index contributed by atoms with van der Waals surface area (Å²) in [6, 6.07) is -0.0917. The lowest BCUT2D eigenvalue weighted by Gasteiger charge is -2.18. The van der Waals surface area contributed by atoms with Gasteiger partial charge >= 0.3 is 12.1 Å². The molecule has 0 fully saturated rings. The summed E-state index contributed by atoms with van der Waals surface area (Å²) in [5.74, 6) is -12.4. The fourth-order valence-corrected chi connectivity index (χ4v) is 1.27. The maximum absolute atomic E-state index is 13.1. The zero-order chi connectivity index (χ0) is 16.4. The maximum Gasteiger partial charge on any atom is 0.403 e. The van der Waals surface area contributed by atoms with Gasteiger partial charge in [-0.25, -0.2) is 23.0 Å². The Morgan fingerprint density at radius 1 is 1.14 bits per heavy atom. The first kappa shape index (κ1) is 17.0. The Bertz CT molecular complexity index is 521. The van der Waals surface area contributed by atoms with E-state index in [-0.39, 0.29) is 6.07 Å². The SMILES string of the molecule is O=C(O)C(CNNc1c(F)c(F)cc(F)c1F)C(F)(F)F. The summed E-state index contributed by atoms with van der Waals surface area (Å²) in [6.07, 6.45) is -5.12. The number of hydrogen-bond acceptors (Lipinski definition) is 3. The molecule has 1 unspecified atom stereocenters. The van der Waals surface area contributed by atoms with Crippen molar-refractivity contribution in [3.8, 4) is 0 Å². The summed E-state index contributed by atoms with van der Waals surface area (Å²) < 4.78 is 88.7. The van der Waals surface area contributed by atoms with Crippen LogP contribution in [0.15, 0.2) is 6.07 Å². The van der Waals surface area contributed by atoms with E-state index in [0.717, 1.165) is 0 Å². The monoisotopic (exact) mass is 320 g/mol. The molecule has 4 nitrogen and oxygen atoms in total. The molecule has 0 aliphatic carbocycles. The second-order valence-corrected chi connectivity index (χ2v) is 3.78. The van der Waals surface area contributed by atoms with Crippen LogP contribution in [0.3, 0.4) is 0 Å². The topological polar surface area (TPSA) is 61.4 Å². The van der Waals surface area contributed by atoms with Gasteiger partial charge in [-0.05, 0) is 0 Å². The van der Waals surface area contributed by atoms with Crippen LogP contribution < -0.4 is 10.9 Å². The number of benzene rings is 1. The van der Waals surface area contributed by atoms with E-state index >= 15 is 0 Å². The molecule has 1 aromatic carbocycles. The normalized spacial score (nSPS) is 13.1. The molecule has 0 saturated carbocycles. The summed E-state index contributed by atoms with van der Waals surface area (Å²) >= 11 is 0. The van der Waals surface area contributed by atoms with E-state index < -0.39 is 53.6 Å². The highest BCUT2D eigenvalue weighted by Crippen LogP contribution is 2.26. The van der Waals surface area contributed by atoms with Crippen LogP contribution in [0.5, 0.6) is 0 Å². The Morgan fingerprint density at radius 2 is 1.62 bits per heavy atom. The summed E-state index contributed by atoms with van der Waals surface area (Å²) in [7, 11) is 0. The van der Waals surface area contributed by atoms with E-state index in [0.29, 0.717) is 0 Å². The van der Waals surface area contributed by atoms with Gasteiger partial charge in [0.2, 0.25) is 0 Å². The minimum atomic E-state index is -5.12. The van der Waals surface area contributed by atoms with Gasteiger partial charge in [-0.1, -0.05) is 0 Å². The summed E-state index contributed by atoms with van der Waals surface area (Å²) in [4.78, 5) is 10.4. The standard InChI is InChI=1S/C10H7F7N2O2/c11-4-1-5(12)7(14)8(6(4)13)19-18-2-3(9(20)21)10(15,16)17/h1,3,18-19H,2H2,(H,20,21). The molecule has 0 heterocycles. The van der Waals surface area contributed by atoms with Crippen molar-refractivity contribution in [1.29, 1.82) is 0 Å². The van der Waals surface area contributed by atoms with Crippen LogP contribution in [0.2, 0.25) is 0 Å². The number of carboxylic acid groups (broad SMARTS) is 1. The number of hydrogen-bond donors (Lipinski definition) is 3. The Hall–Kier alpha value is -2.04. The molecule has 0 spiro atoms. The van der Waals surface area contributed by atoms with Crippen molar-refractivity contribution in [2.24, 2.45) is 5.92 Å². The fraction of sp³-hybridized carbons (Fsp3) is 0.300. The molecule has 3 N–H and O–H groups in total. The zero-order valence-electron chi connectivity index (χ0n) is 9.86. The highest BCUT2D eigenvalue weighted by Gasteiger charge is 2.44. The Balaban J connectivity index is 2.83. The first-order chi connectivity index (χ1) is 9.55. The van der Waals surface area contributed by atoms with E-state index in [1.807, 2.05) is 0 Å². The van der Waals surface area contributed by atoms with Gasteiger partial charge in [0.1, 0.15) is 5.69 Å². The third kappa shape index (κ3) is 3.97. The molecule has 1 atom stereocenters. The summed E-state index contributed by atoms with van der Waals surface area (Å²) in [5.41, 5.74) is 1.63. The van der Waals surface area contributed by atoms with Crippen molar-refractivity contribution in [3.63, 3.8) is 0 Å². The van der Waals surface area contributed by atoms with Gasteiger partial charge in [0, 0.05) is 12.6 Å². The molecule has 0 radical (unpaired) electrons. The molecule has 118 valence electrons. The van der Waals surface area contributed by atoms with E-state index in [1.165, 1.54) is 5.43 Å². The lowest BCUT2D eigenvalue weighted by molar-refractivity contribution is -0.192. The average molecular weight is 320 g/mol. The van der Waals surface area contributed by atoms with E-state index in [9.17, 15) is 35.5 Å². The van der Waals surface area contributed by atoms with Crippen molar-refractivity contribution in [2.45, 2.75) is 6.18 Å². The number of carbonyl (C=O) groups is 1. The number of halogens is 7. The summed E-state index contributed by atoms with van der Waals surface area (Å²) in [6.45, 7) is -1.32. The Labute approximate surface area is 112 Å². The van der Waals surface area contributed by atoms with E-state index in [2.05, 4.69) is 0 Å². The van der Waals surface area contributed by atoms with Crippen molar-refractivity contribution in [3.05, 3.63) is 29.3 Å². The van der Waals surface area contributed by atoms with Crippen LogP contribution in [0, 0.1) is 29.2 Å². The maximum atomic E-state index is 13.1. The largest absolute Gasteiger partial charge is 0.481 e. The van der Waals surface area contributed by atoms with Crippen molar-refractivity contribution in [1.82, 2.24) is 5.43 Å². The average Bonchev–Trinajstić information content (AvgIpc) is 2.33. The highest BCUT2D eigenvalue weighted by molar-refractivity contribution is 5.71. The first-order valence-corrected chi connectivity index (χ1v) is 5.17. The van der Waals surface area contributed by atoms with Crippen LogP contribution in [-0.4, -0.2) is 23.8 Å². The fourth-order valence-electron chi connectivity index (χ4n) is 1.27. The Morgan fingerprint density at radius 3 is 2.00 bits per heavy atom. The van der Waals surface area contributed by atoms with Crippen molar-refractivity contribution < 1.29 is 40.6 Å². The molecular formula is C10H7F7N2O2. The molecular weight excluding hydrogens is 313 g/mol. The number of anilines is 1. The molecule has 0 bridgehead atoms. The number of rotatable bonds is 5. The number of carboxylic acids is 1. The minimum Gasteiger partial charge on any atom is -0.481 e. The Kier molecular flexibility index (Phi) is 4.99. The third-order valence-corrected chi connectivity index (χ3v) is 2.32. The van der Waals surface area contributed by atoms with Crippen LogP contribution in [0.25, 0.3) is 0 Å². The summed E-state index contributed by atoms with van der Waals surface area (Å²) in [5, 5.41) is 8.35. The lowest BCUT2D eigenvalue weighted by Crippen LogP contribution is -2.41. The minimum absolute atomic E-state index is 0.0917. The molecule has 11 heteroatoms. The quantitative estimate of drug-likeness (QED) is 0.443. The molecule has 0 aromatic heterocycles. The number of alkyl halides is 3. The number of aliphatic carboxylic acids is 1. The van der Waals surface area contributed by atoms with Crippen LogP contribution in [0.1, 0.15) is 0 Å².